The molecule has 0 saturated carbocycles. The van der Waals surface area contributed by atoms with Gasteiger partial charge in [0.1, 0.15) is 11.0 Å². The fraction of sp³-hybridized carbons (Fsp3) is 0.0938. The number of hydrogen-bond donors (Lipinski definition) is 2. The minimum absolute atomic E-state index is 0.242. The van der Waals surface area contributed by atoms with Crippen LogP contribution < -0.4 is 10.1 Å². The van der Waals surface area contributed by atoms with Gasteiger partial charge in [-0.1, -0.05) is 41.9 Å². The molecule has 0 aliphatic rings. The highest BCUT2D eigenvalue weighted by Gasteiger charge is 2.13. The number of fused-ring (bicyclic) bond motifs is 2. The molecule has 10 heteroatoms. The zero-order valence-electron chi connectivity index (χ0n) is 22.5. The van der Waals surface area contributed by atoms with E-state index in [9.17, 15) is 10.1 Å². The lowest BCUT2D eigenvalue weighted by atomic mass is 10.0. The van der Waals surface area contributed by atoms with E-state index in [1.807, 2.05) is 66.9 Å². The van der Waals surface area contributed by atoms with Crippen LogP contribution in [0.15, 0.2) is 85.2 Å². The number of amides is 1. The summed E-state index contributed by atoms with van der Waals surface area (Å²) in [5, 5.41) is 25.4. The maximum absolute atomic E-state index is 13.0. The molecule has 3 aromatic carbocycles. The van der Waals surface area contributed by atoms with Crippen molar-refractivity contribution in [3.8, 4) is 11.9 Å². The van der Waals surface area contributed by atoms with Crippen LogP contribution in [-0.2, 0) is 13.1 Å². The SMILES string of the molecule is COc1ccc(Cn2cc(/C=C(\C#N)c3cccc(C(=O)NCc4ccc5n[nH]nc5c4)c3)c3ccc(Cl)cc32)cn1. The number of nitrogens with one attached hydrogen (secondary N) is 2. The molecule has 0 radical (unpaired) electrons. The molecular formula is C32H24ClN7O2. The Kier molecular flexibility index (Phi) is 7.37. The third-order valence-corrected chi connectivity index (χ3v) is 7.16. The normalized spacial score (nSPS) is 11.5. The van der Waals surface area contributed by atoms with E-state index in [1.54, 1.807) is 31.5 Å². The van der Waals surface area contributed by atoms with Crippen molar-refractivity contribution >= 4 is 51.1 Å². The molecule has 0 atom stereocenters. The van der Waals surface area contributed by atoms with E-state index in [0.717, 1.165) is 38.6 Å². The van der Waals surface area contributed by atoms with Crippen LogP contribution in [0.4, 0.5) is 0 Å². The smallest absolute Gasteiger partial charge is 0.251 e. The molecule has 0 fully saturated rings. The van der Waals surface area contributed by atoms with Gasteiger partial charge in [0.25, 0.3) is 5.91 Å². The van der Waals surface area contributed by atoms with Crippen molar-refractivity contribution in [1.82, 2.24) is 30.3 Å². The number of carbonyl (C=O) groups is 1. The first kappa shape index (κ1) is 26.7. The molecule has 0 aliphatic carbocycles. The van der Waals surface area contributed by atoms with Gasteiger partial charge in [0.2, 0.25) is 5.88 Å². The number of hydrogen-bond acceptors (Lipinski definition) is 6. The molecule has 0 saturated heterocycles. The first-order chi connectivity index (χ1) is 20.5. The summed E-state index contributed by atoms with van der Waals surface area (Å²) >= 11 is 6.35. The van der Waals surface area contributed by atoms with Crippen molar-refractivity contribution in [2.75, 3.05) is 7.11 Å². The van der Waals surface area contributed by atoms with Gasteiger partial charge in [0, 0.05) is 53.1 Å². The molecule has 0 spiro atoms. The van der Waals surface area contributed by atoms with Crippen LogP contribution in [0.5, 0.6) is 5.88 Å². The highest BCUT2D eigenvalue weighted by atomic mass is 35.5. The number of carbonyl (C=O) groups excluding carboxylic acids is 1. The predicted molar refractivity (Wildman–Crippen MR) is 162 cm³/mol. The third-order valence-electron chi connectivity index (χ3n) is 6.92. The van der Waals surface area contributed by atoms with Crippen LogP contribution in [-0.4, -0.2) is 38.0 Å². The molecule has 3 heterocycles. The molecule has 42 heavy (non-hydrogen) atoms. The number of aromatic nitrogens is 5. The lowest BCUT2D eigenvalue weighted by Crippen LogP contribution is -2.22. The van der Waals surface area contributed by atoms with E-state index in [4.69, 9.17) is 16.3 Å². The average Bonchev–Trinajstić information content (AvgIpc) is 3.62. The van der Waals surface area contributed by atoms with E-state index in [0.29, 0.717) is 40.7 Å². The number of benzene rings is 3. The van der Waals surface area contributed by atoms with Gasteiger partial charge < -0.3 is 14.6 Å². The third kappa shape index (κ3) is 5.57. The summed E-state index contributed by atoms with van der Waals surface area (Å²) in [7, 11) is 1.58. The molecular weight excluding hydrogens is 550 g/mol. The second-order valence-corrected chi connectivity index (χ2v) is 10.1. The van der Waals surface area contributed by atoms with Gasteiger partial charge in [0.15, 0.2) is 0 Å². The fourth-order valence-corrected chi connectivity index (χ4v) is 4.97. The van der Waals surface area contributed by atoms with Crippen molar-refractivity contribution in [3.63, 3.8) is 0 Å². The number of rotatable bonds is 8. The number of ether oxygens (including phenoxy) is 1. The molecule has 0 aliphatic heterocycles. The number of H-pyrrole nitrogens is 1. The number of aromatic amines is 1. The number of nitriles is 1. The van der Waals surface area contributed by atoms with Gasteiger partial charge in [-0.3, -0.25) is 4.79 Å². The molecule has 6 aromatic rings. The fourth-order valence-electron chi connectivity index (χ4n) is 4.81. The summed E-state index contributed by atoms with van der Waals surface area (Å²) in [5.41, 5.74) is 6.71. The van der Waals surface area contributed by atoms with Crippen LogP contribution >= 0.6 is 11.6 Å². The number of halogens is 1. The molecule has 2 N–H and O–H groups in total. The summed E-state index contributed by atoms with van der Waals surface area (Å²) in [6.07, 6.45) is 5.60. The van der Waals surface area contributed by atoms with E-state index in [2.05, 4.69) is 36.3 Å². The van der Waals surface area contributed by atoms with Gasteiger partial charge in [-0.2, -0.15) is 20.7 Å². The second kappa shape index (κ2) is 11.6. The maximum Gasteiger partial charge on any atom is 0.251 e. The Balaban J connectivity index is 1.26. The van der Waals surface area contributed by atoms with Gasteiger partial charge in [-0.25, -0.2) is 4.98 Å². The number of allylic oxidation sites excluding steroid dienone is 1. The van der Waals surface area contributed by atoms with Crippen molar-refractivity contribution in [2.24, 2.45) is 0 Å². The first-order valence-electron chi connectivity index (χ1n) is 13.1. The molecule has 6 rings (SSSR count). The maximum atomic E-state index is 13.0. The number of pyridine rings is 1. The number of nitrogens with zero attached hydrogens (tertiary/aromatic N) is 5. The molecule has 0 unspecified atom stereocenters. The Labute approximate surface area is 246 Å². The molecule has 9 nitrogen and oxygen atoms in total. The number of methoxy groups -OCH3 is 1. The molecule has 1 amide bonds. The van der Waals surface area contributed by atoms with Crippen LogP contribution in [0.25, 0.3) is 33.6 Å². The van der Waals surface area contributed by atoms with Crippen molar-refractivity contribution < 1.29 is 9.53 Å². The Bertz CT molecular complexity index is 2000. The summed E-state index contributed by atoms with van der Waals surface area (Å²) in [4.78, 5) is 17.3. The van der Waals surface area contributed by atoms with E-state index >= 15 is 0 Å². The minimum Gasteiger partial charge on any atom is -0.481 e. The highest BCUT2D eigenvalue weighted by Crippen LogP contribution is 2.29. The van der Waals surface area contributed by atoms with Crippen molar-refractivity contribution in [1.29, 1.82) is 5.26 Å². The highest BCUT2D eigenvalue weighted by molar-refractivity contribution is 6.31. The minimum atomic E-state index is -0.242. The van der Waals surface area contributed by atoms with Crippen molar-refractivity contribution in [3.05, 3.63) is 118 Å². The van der Waals surface area contributed by atoms with E-state index in [1.165, 1.54) is 0 Å². The predicted octanol–water partition coefficient (Wildman–Crippen LogP) is 6.01. The van der Waals surface area contributed by atoms with Gasteiger partial charge in [-0.15, -0.1) is 0 Å². The van der Waals surface area contributed by atoms with Gasteiger partial charge in [0.05, 0.1) is 24.3 Å². The van der Waals surface area contributed by atoms with E-state index in [-0.39, 0.29) is 5.91 Å². The summed E-state index contributed by atoms with van der Waals surface area (Å²) < 4.78 is 7.25. The van der Waals surface area contributed by atoms with Crippen LogP contribution in [0.1, 0.15) is 32.6 Å². The zero-order valence-corrected chi connectivity index (χ0v) is 23.3. The van der Waals surface area contributed by atoms with Crippen LogP contribution in [0.3, 0.4) is 0 Å². The Hall–Kier alpha value is -5.46. The summed E-state index contributed by atoms with van der Waals surface area (Å²) in [6.45, 7) is 0.890. The molecule has 0 bridgehead atoms. The second-order valence-electron chi connectivity index (χ2n) is 9.66. The summed E-state index contributed by atoms with van der Waals surface area (Å²) in [5.74, 6) is 0.305. The van der Waals surface area contributed by atoms with Crippen LogP contribution in [0.2, 0.25) is 5.02 Å². The van der Waals surface area contributed by atoms with Crippen molar-refractivity contribution in [2.45, 2.75) is 13.1 Å². The Morgan fingerprint density at radius 3 is 2.69 bits per heavy atom. The monoisotopic (exact) mass is 573 g/mol. The Morgan fingerprint density at radius 2 is 1.88 bits per heavy atom. The topological polar surface area (TPSA) is 122 Å². The lowest BCUT2D eigenvalue weighted by molar-refractivity contribution is 0.0951. The first-order valence-corrected chi connectivity index (χ1v) is 13.5. The summed E-state index contributed by atoms with van der Waals surface area (Å²) in [6, 6.07) is 24.4. The molecule has 206 valence electrons. The van der Waals surface area contributed by atoms with Gasteiger partial charge in [-0.05, 0) is 59.2 Å². The average molecular weight is 574 g/mol. The lowest BCUT2D eigenvalue weighted by Gasteiger charge is -2.07. The quantitative estimate of drug-likeness (QED) is 0.215. The largest absolute Gasteiger partial charge is 0.481 e. The standard InChI is InChI=1S/C32H24ClN7O2/c1-42-31-10-6-21(17-35-31)18-40-19-25(27-8-7-26(33)14-30(27)40)13-24(15-34)22-3-2-4-23(12-22)32(41)36-16-20-5-9-28-29(11-20)38-39-37-28/h2-14,17,19H,16,18H2,1H3,(H,36,41)(H,37,38,39)/b24-13+. The van der Waals surface area contributed by atoms with Gasteiger partial charge >= 0.3 is 0 Å². The van der Waals surface area contributed by atoms with Crippen LogP contribution in [0, 0.1) is 11.3 Å². The molecule has 3 aromatic heterocycles. The zero-order chi connectivity index (χ0) is 29.1. The van der Waals surface area contributed by atoms with E-state index < -0.39 is 0 Å². The Morgan fingerprint density at radius 1 is 1.05 bits per heavy atom.